The maximum absolute atomic E-state index is 13.3. The summed E-state index contributed by atoms with van der Waals surface area (Å²) >= 11 is 0. The lowest BCUT2D eigenvalue weighted by molar-refractivity contribution is -0.141. The largest absolute Gasteiger partial charge is 0.491 e. The van der Waals surface area contributed by atoms with Crippen LogP contribution in [0.5, 0.6) is 5.75 Å². The fraction of sp³-hybridized carbons (Fsp3) is 0.310. The average molecular weight is 537 g/mol. The maximum Gasteiger partial charge on any atom is 0.305 e. The Morgan fingerprint density at radius 2 is 1.82 bits per heavy atom. The van der Waals surface area contributed by atoms with Crippen LogP contribution >= 0.6 is 12.4 Å². The zero-order chi connectivity index (χ0) is 26.5. The highest BCUT2D eigenvalue weighted by Gasteiger charge is 2.37. The highest BCUT2D eigenvalue weighted by molar-refractivity contribution is 5.95. The molecule has 0 spiro atoms. The van der Waals surface area contributed by atoms with Crippen molar-refractivity contribution in [1.29, 1.82) is 5.41 Å². The predicted molar refractivity (Wildman–Crippen MR) is 149 cm³/mol. The van der Waals surface area contributed by atoms with Crippen LogP contribution in [0.3, 0.4) is 0 Å². The topological polar surface area (TPSA) is 119 Å². The van der Waals surface area contributed by atoms with E-state index in [4.69, 9.17) is 20.6 Å². The van der Waals surface area contributed by atoms with E-state index in [1.54, 1.807) is 29.4 Å². The molecule has 2 atom stereocenters. The van der Waals surface area contributed by atoms with E-state index in [0.29, 0.717) is 30.7 Å². The summed E-state index contributed by atoms with van der Waals surface area (Å²) in [5.41, 5.74) is 11.0. The van der Waals surface area contributed by atoms with Gasteiger partial charge in [-0.25, -0.2) is 0 Å². The summed E-state index contributed by atoms with van der Waals surface area (Å²) < 4.78 is 11.1. The molecule has 0 saturated carbocycles. The number of rotatable bonds is 8. The number of esters is 1. The van der Waals surface area contributed by atoms with E-state index < -0.39 is 0 Å². The van der Waals surface area contributed by atoms with E-state index in [2.05, 4.69) is 11.9 Å². The smallest absolute Gasteiger partial charge is 0.305 e. The molecule has 1 aromatic heterocycles. The van der Waals surface area contributed by atoms with Crippen LogP contribution in [0.15, 0.2) is 60.9 Å². The number of likely N-dealkylation sites (tertiary alicyclic amines) is 1. The molecule has 3 aromatic rings. The van der Waals surface area contributed by atoms with E-state index in [1.165, 1.54) is 7.11 Å². The lowest BCUT2D eigenvalue weighted by Gasteiger charge is -2.25. The number of carbonyl (C=O) groups excluding carboxylic acids is 2. The van der Waals surface area contributed by atoms with Crippen molar-refractivity contribution >= 4 is 30.1 Å². The van der Waals surface area contributed by atoms with Crippen LogP contribution in [-0.4, -0.2) is 53.9 Å². The van der Waals surface area contributed by atoms with Crippen molar-refractivity contribution in [2.45, 2.75) is 32.7 Å². The van der Waals surface area contributed by atoms with Gasteiger partial charge in [-0.15, -0.1) is 12.4 Å². The molecule has 0 radical (unpaired) electrons. The summed E-state index contributed by atoms with van der Waals surface area (Å²) in [7, 11) is 1.38. The summed E-state index contributed by atoms with van der Waals surface area (Å²) in [5, 5.41) is 7.59. The Bertz CT molecular complexity index is 1300. The number of nitrogens with zero attached hydrogens (tertiary/aromatic N) is 2. The molecule has 1 fully saturated rings. The van der Waals surface area contributed by atoms with Gasteiger partial charge >= 0.3 is 5.97 Å². The highest BCUT2D eigenvalue weighted by atomic mass is 35.5. The minimum absolute atomic E-state index is 0. The summed E-state index contributed by atoms with van der Waals surface area (Å²) in [5.74, 6) is 0.404. The molecule has 1 saturated heterocycles. The number of nitrogen functional groups attached to an aromatic ring is 1. The summed E-state index contributed by atoms with van der Waals surface area (Å²) in [6, 6.07) is 14.9. The second-order valence-corrected chi connectivity index (χ2v) is 9.40. The number of nitrogens with two attached hydrogens (primary N) is 1. The normalized spacial score (nSPS) is 16.4. The Kier molecular flexibility index (Phi) is 9.47. The molecule has 0 bridgehead atoms. The molecule has 2 heterocycles. The second-order valence-electron chi connectivity index (χ2n) is 9.40. The molecule has 4 rings (SSSR count). The predicted octanol–water partition coefficient (Wildman–Crippen LogP) is 4.54. The van der Waals surface area contributed by atoms with Crippen LogP contribution in [0.2, 0.25) is 0 Å². The van der Waals surface area contributed by atoms with Crippen molar-refractivity contribution in [3.63, 3.8) is 0 Å². The van der Waals surface area contributed by atoms with Crippen molar-refractivity contribution in [3.8, 4) is 16.9 Å². The molecular weight excluding hydrogens is 504 g/mol. The number of methoxy groups -OCH3 is 1. The van der Waals surface area contributed by atoms with Gasteiger partial charge in [0.2, 0.25) is 0 Å². The maximum atomic E-state index is 13.3. The molecule has 3 N–H and O–H groups in total. The van der Waals surface area contributed by atoms with Gasteiger partial charge in [0, 0.05) is 24.5 Å². The molecule has 2 aromatic carbocycles. The van der Waals surface area contributed by atoms with Crippen molar-refractivity contribution in [1.82, 2.24) is 9.88 Å². The average Bonchev–Trinajstić information content (AvgIpc) is 3.31. The van der Waals surface area contributed by atoms with Gasteiger partial charge < -0.3 is 20.1 Å². The number of carbonyl (C=O) groups is 2. The number of amides is 1. The van der Waals surface area contributed by atoms with E-state index in [9.17, 15) is 9.59 Å². The quantitative estimate of drug-likeness (QED) is 0.248. The molecular formula is C29H33ClN4O4. The molecule has 9 heteroatoms. The van der Waals surface area contributed by atoms with Crippen LogP contribution in [0.25, 0.3) is 11.1 Å². The zero-order valence-corrected chi connectivity index (χ0v) is 22.6. The number of halogens is 1. The number of amidine groups is 1. The SMILES string of the molecule is COC(=O)C[C@@H]1C[C@@H](COc2ccc(-c3ccc(C(=N)N)cc3)c(C)c2C)N(C(=O)c2cccnc2)C1.Cl. The van der Waals surface area contributed by atoms with E-state index in [-0.39, 0.29) is 48.5 Å². The van der Waals surface area contributed by atoms with Gasteiger partial charge in [-0.1, -0.05) is 30.3 Å². The number of hydrogen-bond acceptors (Lipinski definition) is 6. The molecule has 0 aliphatic carbocycles. The molecule has 200 valence electrons. The minimum Gasteiger partial charge on any atom is -0.491 e. The number of nitrogens with one attached hydrogen (secondary N) is 1. The summed E-state index contributed by atoms with van der Waals surface area (Å²) in [6.07, 6.45) is 4.11. The van der Waals surface area contributed by atoms with Gasteiger partial charge in [0.25, 0.3) is 5.91 Å². The molecule has 1 aliphatic rings. The van der Waals surface area contributed by atoms with Gasteiger partial charge in [0.15, 0.2) is 0 Å². The van der Waals surface area contributed by atoms with Crippen LogP contribution in [0.4, 0.5) is 0 Å². The fourth-order valence-corrected chi connectivity index (χ4v) is 4.82. The Hall–Kier alpha value is -3.91. The monoisotopic (exact) mass is 536 g/mol. The molecule has 0 unspecified atom stereocenters. The molecule has 1 aliphatic heterocycles. The standard InChI is InChI=1S/C29H32N4O4.ClH/c1-18-19(2)26(11-10-25(18)21-6-8-22(9-7-21)28(30)31)37-17-24-13-20(14-27(34)36-3)16-33(24)29(35)23-5-4-12-32-15-23;/h4-12,15,20,24H,13-14,16-17H2,1-3H3,(H3,30,31);1H/t20-,24-;/m0./s1. The van der Waals surface area contributed by atoms with Gasteiger partial charge in [-0.3, -0.25) is 20.0 Å². The van der Waals surface area contributed by atoms with Gasteiger partial charge in [0.05, 0.1) is 25.1 Å². The molecule has 8 nitrogen and oxygen atoms in total. The zero-order valence-electron chi connectivity index (χ0n) is 21.8. The number of hydrogen-bond donors (Lipinski definition) is 2. The van der Waals surface area contributed by atoms with Crippen molar-refractivity contribution < 1.29 is 19.1 Å². The lowest BCUT2D eigenvalue weighted by Crippen LogP contribution is -2.39. The summed E-state index contributed by atoms with van der Waals surface area (Å²) in [4.78, 5) is 31.0. The Balaban J connectivity index is 0.00000400. The first-order valence-electron chi connectivity index (χ1n) is 12.2. The van der Waals surface area contributed by atoms with Crippen molar-refractivity contribution in [2.75, 3.05) is 20.3 Å². The number of pyridine rings is 1. The van der Waals surface area contributed by atoms with E-state index >= 15 is 0 Å². The van der Waals surface area contributed by atoms with Crippen LogP contribution in [-0.2, 0) is 9.53 Å². The fourth-order valence-electron chi connectivity index (χ4n) is 4.82. The van der Waals surface area contributed by atoms with Gasteiger partial charge in [0.1, 0.15) is 18.2 Å². The number of aromatic nitrogens is 1. The first-order chi connectivity index (χ1) is 17.8. The first-order valence-corrected chi connectivity index (χ1v) is 12.2. The van der Waals surface area contributed by atoms with Crippen molar-refractivity contribution in [2.24, 2.45) is 11.7 Å². The first kappa shape index (κ1) is 28.7. The minimum atomic E-state index is -0.279. The van der Waals surface area contributed by atoms with E-state index in [0.717, 1.165) is 28.0 Å². The van der Waals surface area contributed by atoms with Crippen LogP contribution in [0, 0.1) is 25.2 Å². The van der Waals surface area contributed by atoms with Gasteiger partial charge in [-0.2, -0.15) is 0 Å². The third-order valence-electron chi connectivity index (χ3n) is 7.03. The lowest BCUT2D eigenvalue weighted by atomic mass is 9.95. The Morgan fingerprint density at radius 3 is 2.45 bits per heavy atom. The molecule has 1 amide bonds. The third kappa shape index (κ3) is 6.31. The number of benzene rings is 2. The Morgan fingerprint density at radius 1 is 1.08 bits per heavy atom. The Labute approximate surface area is 229 Å². The summed E-state index contributed by atoms with van der Waals surface area (Å²) in [6.45, 7) is 4.85. The second kappa shape index (κ2) is 12.6. The van der Waals surface area contributed by atoms with Crippen LogP contribution < -0.4 is 10.5 Å². The number of ether oxygens (including phenoxy) is 2. The van der Waals surface area contributed by atoms with Crippen molar-refractivity contribution in [3.05, 3.63) is 83.2 Å². The van der Waals surface area contributed by atoms with Crippen LogP contribution in [0.1, 0.15) is 39.9 Å². The molecule has 38 heavy (non-hydrogen) atoms. The third-order valence-corrected chi connectivity index (χ3v) is 7.03. The highest BCUT2D eigenvalue weighted by Crippen LogP contribution is 2.33. The van der Waals surface area contributed by atoms with E-state index in [1.807, 2.05) is 43.3 Å². The van der Waals surface area contributed by atoms with Gasteiger partial charge in [-0.05, 0) is 66.6 Å².